The van der Waals surface area contributed by atoms with Crippen molar-refractivity contribution in [3.05, 3.63) is 24.0 Å². The van der Waals surface area contributed by atoms with Crippen molar-refractivity contribution in [1.82, 2.24) is 10.3 Å². The van der Waals surface area contributed by atoms with Crippen molar-refractivity contribution in [2.45, 2.75) is 40.2 Å². The van der Waals surface area contributed by atoms with Gasteiger partial charge in [0.15, 0.2) is 0 Å². The van der Waals surface area contributed by atoms with Gasteiger partial charge in [-0.2, -0.15) is 0 Å². The van der Waals surface area contributed by atoms with Crippen molar-refractivity contribution in [2.75, 3.05) is 13.7 Å². The number of nitrogens with one attached hydrogen (secondary N) is 1. The number of pyridine rings is 1. The third-order valence-electron chi connectivity index (χ3n) is 3.51. The topological polar surface area (TPSA) is 34.2 Å². The first kappa shape index (κ1) is 15.0. The summed E-state index contributed by atoms with van der Waals surface area (Å²) in [4.78, 5) is 4.52. The molecule has 2 unspecified atom stereocenters. The van der Waals surface area contributed by atoms with Crippen molar-refractivity contribution in [3.63, 3.8) is 0 Å². The standard InChI is InChI=1S/C15H26N2O/c1-6-9-16-14(12(4)11(2)3)15-13(18-5)8-7-10-17-15/h7-8,10-12,14,16H,6,9H2,1-5H3. The Labute approximate surface area is 111 Å². The average Bonchev–Trinajstić information content (AvgIpc) is 2.39. The Hall–Kier alpha value is -1.09. The van der Waals surface area contributed by atoms with Gasteiger partial charge in [-0.05, 0) is 36.9 Å². The zero-order valence-electron chi connectivity index (χ0n) is 12.2. The molecule has 0 radical (unpaired) electrons. The Morgan fingerprint density at radius 3 is 2.61 bits per heavy atom. The number of rotatable bonds is 7. The van der Waals surface area contributed by atoms with E-state index in [1.807, 2.05) is 18.3 Å². The maximum absolute atomic E-state index is 5.43. The van der Waals surface area contributed by atoms with Gasteiger partial charge in [-0.25, -0.2) is 0 Å². The van der Waals surface area contributed by atoms with Crippen LogP contribution in [0.5, 0.6) is 5.75 Å². The average molecular weight is 250 g/mol. The second kappa shape index (κ2) is 7.37. The van der Waals surface area contributed by atoms with Crippen molar-refractivity contribution in [3.8, 4) is 5.75 Å². The van der Waals surface area contributed by atoms with E-state index in [2.05, 4.69) is 38.0 Å². The molecule has 1 N–H and O–H groups in total. The van der Waals surface area contributed by atoms with Crippen molar-refractivity contribution >= 4 is 0 Å². The first-order valence-electron chi connectivity index (χ1n) is 6.84. The summed E-state index contributed by atoms with van der Waals surface area (Å²) in [5.41, 5.74) is 1.02. The van der Waals surface area contributed by atoms with Gasteiger partial charge in [-0.1, -0.05) is 27.7 Å². The number of hydrogen-bond acceptors (Lipinski definition) is 3. The van der Waals surface area contributed by atoms with E-state index in [1.54, 1.807) is 7.11 Å². The number of hydrogen-bond donors (Lipinski definition) is 1. The quantitative estimate of drug-likeness (QED) is 0.805. The van der Waals surface area contributed by atoms with Crippen LogP contribution in [0.3, 0.4) is 0 Å². The minimum atomic E-state index is 0.251. The molecule has 1 heterocycles. The Morgan fingerprint density at radius 2 is 2.06 bits per heavy atom. The van der Waals surface area contributed by atoms with Crippen molar-refractivity contribution in [2.24, 2.45) is 11.8 Å². The molecular weight excluding hydrogens is 224 g/mol. The minimum Gasteiger partial charge on any atom is -0.495 e. The first-order chi connectivity index (χ1) is 8.61. The predicted octanol–water partition coefficient (Wildman–Crippen LogP) is 3.42. The lowest BCUT2D eigenvalue weighted by molar-refractivity contribution is 0.288. The summed E-state index contributed by atoms with van der Waals surface area (Å²) in [6.45, 7) is 9.95. The molecule has 0 bridgehead atoms. The summed E-state index contributed by atoms with van der Waals surface area (Å²) in [5, 5.41) is 3.60. The normalized spacial score (nSPS) is 14.6. The van der Waals surface area contributed by atoms with Gasteiger partial charge in [0.25, 0.3) is 0 Å². The van der Waals surface area contributed by atoms with Crippen LogP contribution < -0.4 is 10.1 Å². The van der Waals surface area contributed by atoms with E-state index < -0.39 is 0 Å². The lowest BCUT2D eigenvalue weighted by atomic mass is 9.87. The van der Waals surface area contributed by atoms with Crippen LogP contribution >= 0.6 is 0 Å². The highest BCUT2D eigenvalue weighted by Gasteiger charge is 2.25. The Bertz CT molecular complexity index is 352. The molecule has 0 amide bonds. The van der Waals surface area contributed by atoms with Crippen molar-refractivity contribution in [1.29, 1.82) is 0 Å². The van der Waals surface area contributed by atoms with E-state index in [0.717, 1.165) is 24.4 Å². The molecule has 18 heavy (non-hydrogen) atoms. The SMILES string of the molecule is CCCNC(c1ncccc1OC)C(C)C(C)C. The summed E-state index contributed by atoms with van der Waals surface area (Å²) >= 11 is 0. The van der Waals surface area contributed by atoms with E-state index in [4.69, 9.17) is 4.74 Å². The second-order valence-corrected chi connectivity index (χ2v) is 5.13. The number of aromatic nitrogens is 1. The fourth-order valence-electron chi connectivity index (χ4n) is 2.03. The molecule has 0 saturated carbocycles. The van der Waals surface area contributed by atoms with Gasteiger partial charge < -0.3 is 10.1 Å². The molecule has 102 valence electrons. The second-order valence-electron chi connectivity index (χ2n) is 5.13. The van der Waals surface area contributed by atoms with Gasteiger partial charge in [0, 0.05) is 6.20 Å². The van der Waals surface area contributed by atoms with Gasteiger partial charge >= 0.3 is 0 Å². The van der Waals surface area contributed by atoms with Crippen molar-refractivity contribution < 1.29 is 4.74 Å². The maximum atomic E-state index is 5.43. The predicted molar refractivity (Wildman–Crippen MR) is 75.8 cm³/mol. The molecule has 0 aliphatic rings. The molecule has 1 aromatic rings. The van der Waals surface area contributed by atoms with E-state index in [9.17, 15) is 0 Å². The summed E-state index contributed by atoms with van der Waals surface area (Å²) in [5.74, 6) is 1.99. The summed E-state index contributed by atoms with van der Waals surface area (Å²) < 4.78 is 5.43. The Balaban J connectivity index is 3.00. The van der Waals surface area contributed by atoms with Gasteiger partial charge in [0.05, 0.1) is 18.8 Å². The third kappa shape index (κ3) is 3.70. The van der Waals surface area contributed by atoms with Gasteiger partial charge in [-0.15, -0.1) is 0 Å². The van der Waals surface area contributed by atoms with E-state index in [-0.39, 0.29) is 6.04 Å². The van der Waals surface area contributed by atoms with Crippen LogP contribution in [0, 0.1) is 11.8 Å². The van der Waals surface area contributed by atoms with Gasteiger partial charge in [0.2, 0.25) is 0 Å². The molecule has 3 heteroatoms. The highest BCUT2D eigenvalue weighted by atomic mass is 16.5. The summed E-state index contributed by atoms with van der Waals surface area (Å²) in [6, 6.07) is 4.15. The Morgan fingerprint density at radius 1 is 1.33 bits per heavy atom. The first-order valence-corrected chi connectivity index (χ1v) is 6.84. The van der Waals surface area contributed by atoms with E-state index in [0.29, 0.717) is 11.8 Å². The minimum absolute atomic E-state index is 0.251. The molecule has 3 nitrogen and oxygen atoms in total. The van der Waals surface area contributed by atoms with Crippen LogP contribution in [0.25, 0.3) is 0 Å². The van der Waals surface area contributed by atoms with Gasteiger partial charge in [-0.3, -0.25) is 4.98 Å². The molecule has 0 aromatic carbocycles. The van der Waals surface area contributed by atoms with E-state index in [1.165, 1.54) is 0 Å². The van der Waals surface area contributed by atoms with Gasteiger partial charge in [0.1, 0.15) is 5.75 Å². The number of methoxy groups -OCH3 is 1. The number of nitrogens with zero attached hydrogens (tertiary/aromatic N) is 1. The summed E-state index contributed by atoms with van der Waals surface area (Å²) in [6.07, 6.45) is 2.96. The van der Waals surface area contributed by atoms with Crippen LogP contribution in [0.1, 0.15) is 45.9 Å². The third-order valence-corrected chi connectivity index (χ3v) is 3.51. The molecule has 1 rings (SSSR count). The molecule has 0 saturated heterocycles. The molecule has 0 aliphatic carbocycles. The Kier molecular flexibility index (Phi) is 6.13. The van der Waals surface area contributed by atoms with Crippen LogP contribution in [0.2, 0.25) is 0 Å². The monoisotopic (exact) mass is 250 g/mol. The molecule has 2 atom stereocenters. The fourth-order valence-corrected chi connectivity index (χ4v) is 2.03. The summed E-state index contributed by atoms with van der Waals surface area (Å²) in [7, 11) is 1.71. The van der Waals surface area contributed by atoms with Crippen LogP contribution in [0.4, 0.5) is 0 Å². The van der Waals surface area contributed by atoms with E-state index >= 15 is 0 Å². The lowest BCUT2D eigenvalue weighted by Crippen LogP contribution is -2.31. The lowest BCUT2D eigenvalue weighted by Gasteiger charge is -2.28. The smallest absolute Gasteiger partial charge is 0.141 e. The highest BCUT2D eigenvalue weighted by Crippen LogP contribution is 2.31. The molecule has 0 spiro atoms. The zero-order chi connectivity index (χ0) is 13.5. The largest absolute Gasteiger partial charge is 0.495 e. The number of ether oxygens (including phenoxy) is 1. The molecule has 1 aromatic heterocycles. The molecule has 0 fully saturated rings. The highest BCUT2D eigenvalue weighted by molar-refractivity contribution is 5.30. The van der Waals surface area contributed by atoms with Crippen LogP contribution in [0.15, 0.2) is 18.3 Å². The fraction of sp³-hybridized carbons (Fsp3) is 0.667. The van der Waals surface area contributed by atoms with Crippen LogP contribution in [-0.2, 0) is 0 Å². The molecule has 0 aliphatic heterocycles. The van der Waals surface area contributed by atoms with Crippen LogP contribution in [-0.4, -0.2) is 18.6 Å². The molecular formula is C15H26N2O. The maximum Gasteiger partial charge on any atom is 0.141 e. The zero-order valence-corrected chi connectivity index (χ0v) is 12.2.